The van der Waals surface area contributed by atoms with E-state index >= 15 is 0 Å². The summed E-state index contributed by atoms with van der Waals surface area (Å²) in [5, 5.41) is 4.05. The van der Waals surface area contributed by atoms with Gasteiger partial charge >= 0.3 is 0 Å². The van der Waals surface area contributed by atoms with Gasteiger partial charge in [0.25, 0.3) is 0 Å². The molecule has 90 valence electrons. The third-order valence-electron chi connectivity index (χ3n) is 2.42. The van der Waals surface area contributed by atoms with Crippen LogP contribution in [0.3, 0.4) is 0 Å². The van der Waals surface area contributed by atoms with Crippen molar-refractivity contribution in [3.8, 4) is 0 Å². The molecule has 1 N–H and O–H groups in total. The van der Waals surface area contributed by atoms with Gasteiger partial charge in [-0.2, -0.15) is 0 Å². The maximum absolute atomic E-state index is 5.29. The van der Waals surface area contributed by atoms with Gasteiger partial charge in [0.2, 0.25) is 0 Å². The van der Waals surface area contributed by atoms with Crippen LogP contribution < -0.4 is 5.32 Å². The molecule has 0 aromatic rings. The van der Waals surface area contributed by atoms with E-state index in [1.807, 2.05) is 7.05 Å². The molecule has 0 aliphatic rings. The van der Waals surface area contributed by atoms with Crippen LogP contribution in [0.25, 0.3) is 0 Å². The molecule has 0 bridgehead atoms. The average Bonchev–Trinajstić information content (AvgIpc) is 2.17. The van der Waals surface area contributed by atoms with E-state index in [2.05, 4.69) is 31.0 Å². The Labute approximate surface area is 99.2 Å². The molecule has 0 spiro atoms. The minimum Gasteiger partial charge on any atom is -0.383 e. The molecule has 0 aliphatic carbocycles. The highest BCUT2D eigenvalue weighted by atomic mass is 32.1. The standard InChI is InChI=1S/C11H24N2OS/c1-6-9(2)7-13(4)11(15)12-10(3)8-14-5/h9-10H,6-8H2,1-5H3,(H,12,15). The van der Waals surface area contributed by atoms with Crippen molar-refractivity contribution in [3.63, 3.8) is 0 Å². The van der Waals surface area contributed by atoms with Crippen molar-refractivity contribution < 1.29 is 4.74 Å². The van der Waals surface area contributed by atoms with Crippen molar-refractivity contribution in [2.75, 3.05) is 27.3 Å². The number of hydrogen-bond donors (Lipinski definition) is 1. The maximum Gasteiger partial charge on any atom is 0.168 e. The molecule has 0 saturated heterocycles. The van der Waals surface area contributed by atoms with Crippen molar-refractivity contribution in [2.45, 2.75) is 33.2 Å². The van der Waals surface area contributed by atoms with Crippen LogP contribution in [0.2, 0.25) is 0 Å². The molecule has 0 amide bonds. The summed E-state index contributed by atoms with van der Waals surface area (Å²) < 4.78 is 5.05. The van der Waals surface area contributed by atoms with Gasteiger partial charge in [-0.05, 0) is 25.1 Å². The second-order valence-corrected chi connectivity index (χ2v) is 4.59. The lowest BCUT2D eigenvalue weighted by Crippen LogP contribution is -2.44. The molecule has 3 nitrogen and oxygen atoms in total. The lowest BCUT2D eigenvalue weighted by molar-refractivity contribution is 0.178. The summed E-state index contributed by atoms with van der Waals surface area (Å²) in [5.41, 5.74) is 0. The summed E-state index contributed by atoms with van der Waals surface area (Å²) in [7, 11) is 3.73. The normalized spacial score (nSPS) is 14.5. The quantitative estimate of drug-likeness (QED) is 0.707. The zero-order chi connectivity index (χ0) is 11.8. The Bertz CT molecular complexity index is 187. The first-order chi connectivity index (χ1) is 7.01. The largest absolute Gasteiger partial charge is 0.383 e. The number of nitrogens with one attached hydrogen (secondary N) is 1. The first kappa shape index (κ1) is 14.6. The summed E-state index contributed by atoms with van der Waals surface area (Å²) in [5.74, 6) is 0.674. The second-order valence-electron chi connectivity index (χ2n) is 4.20. The smallest absolute Gasteiger partial charge is 0.168 e. The van der Waals surface area contributed by atoms with Crippen molar-refractivity contribution in [2.24, 2.45) is 5.92 Å². The zero-order valence-corrected chi connectivity index (χ0v) is 11.4. The van der Waals surface area contributed by atoms with E-state index in [-0.39, 0.29) is 6.04 Å². The fourth-order valence-corrected chi connectivity index (χ4v) is 1.57. The predicted octanol–water partition coefficient (Wildman–Crippen LogP) is 1.87. The fourth-order valence-electron chi connectivity index (χ4n) is 1.29. The van der Waals surface area contributed by atoms with Crippen LogP contribution in [0.15, 0.2) is 0 Å². The minimum absolute atomic E-state index is 0.266. The average molecular weight is 232 g/mol. The number of hydrogen-bond acceptors (Lipinski definition) is 2. The Hall–Kier alpha value is -0.350. The molecule has 2 unspecified atom stereocenters. The molecule has 0 radical (unpaired) electrons. The van der Waals surface area contributed by atoms with Gasteiger partial charge in [-0.15, -0.1) is 0 Å². The third-order valence-corrected chi connectivity index (χ3v) is 2.85. The highest BCUT2D eigenvalue weighted by Crippen LogP contribution is 2.02. The zero-order valence-electron chi connectivity index (χ0n) is 10.5. The van der Waals surface area contributed by atoms with Gasteiger partial charge < -0.3 is 15.0 Å². The first-order valence-electron chi connectivity index (χ1n) is 5.51. The molecule has 0 aromatic heterocycles. The molecule has 4 heteroatoms. The molecular weight excluding hydrogens is 208 g/mol. The number of rotatable bonds is 6. The summed E-state index contributed by atoms with van der Waals surface area (Å²) in [6.45, 7) is 8.17. The molecule has 15 heavy (non-hydrogen) atoms. The molecule has 0 heterocycles. The Kier molecular flexibility index (Phi) is 7.70. The predicted molar refractivity (Wildman–Crippen MR) is 69.2 cm³/mol. The summed E-state index contributed by atoms with van der Waals surface area (Å²) >= 11 is 5.29. The van der Waals surface area contributed by atoms with E-state index in [1.54, 1.807) is 7.11 Å². The maximum atomic E-state index is 5.29. The van der Waals surface area contributed by atoms with Gasteiger partial charge in [0, 0.05) is 26.7 Å². The van der Waals surface area contributed by atoms with Crippen LogP contribution in [0.4, 0.5) is 0 Å². The van der Waals surface area contributed by atoms with Crippen LogP contribution in [0, 0.1) is 5.92 Å². The van der Waals surface area contributed by atoms with Gasteiger partial charge in [-0.3, -0.25) is 0 Å². The number of nitrogens with zero attached hydrogens (tertiary/aromatic N) is 1. The van der Waals surface area contributed by atoms with E-state index in [4.69, 9.17) is 17.0 Å². The van der Waals surface area contributed by atoms with Gasteiger partial charge in [0.05, 0.1) is 6.61 Å². The molecule has 2 atom stereocenters. The topological polar surface area (TPSA) is 24.5 Å². The lowest BCUT2D eigenvalue weighted by Gasteiger charge is -2.26. The van der Waals surface area contributed by atoms with E-state index in [1.165, 1.54) is 6.42 Å². The molecule has 0 saturated carbocycles. The minimum atomic E-state index is 0.266. The van der Waals surface area contributed by atoms with E-state index in [9.17, 15) is 0 Å². The van der Waals surface area contributed by atoms with Crippen molar-refractivity contribution in [3.05, 3.63) is 0 Å². The summed E-state index contributed by atoms with van der Waals surface area (Å²) in [6, 6.07) is 0.266. The Balaban J connectivity index is 3.88. The number of methoxy groups -OCH3 is 1. The third kappa shape index (κ3) is 6.68. The fraction of sp³-hybridized carbons (Fsp3) is 0.909. The highest BCUT2D eigenvalue weighted by molar-refractivity contribution is 7.80. The SMILES string of the molecule is CCC(C)CN(C)C(=S)NC(C)COC. The first-order valence-corrected chi connectivity index (χ1v) is 5.92. The van der Waals surface area contributed by atoms with Gasteiger partial charge in [0.15, 0.2) is 5.11 Å². The Morgan fingerprint density at radius 1 is 1.47 bits per heavy atom. The van der Waals surface area contributed by atoms with Crippen molar-refractivity contribution in [1.29, 1.82) is 0 Å². The van der Waals surface area contributed by atoms with E-state index < -0.39 is 0 Å². The molecule has 0 rings (SSSR count). The molecule has 0 aliphatic heterocycles. The van der Waals surface area contributed by atoms with E-state index in [0.29, 0.717) is 12.5 Å². The van der Waals surface area contributed by atoms with Crippen LogP contribution >= 0.6 is 12.2 Å². The van der Waals surface area contributed by atoms with Crippen molar-refractivity contribution in [1.82, 2.24) is 10.2 Å². The second kappa shape index (κ2) is 7.88. The summed E-state index contributed by atoms with van der Waals surface area (Å²) in [6.07, 6.45) is 1.18. The number of thiocarbonyl (C=S) groups is 1. The highest BCUT2D eigenvalue weighted by Gasteiger charge is 2.10. The van der Waals surface area contributed by atoms with Crippen LogP contribution in [0.1, 0.15) is 27.2 Å². The Morgan fingerprint density at radius 3 is 2.53 bits per heavy atom. The van der Waals surface area contributed by atoms with Crippen LogP contribution in [-0.2, 0) is 4.74 Å². The van der Waals surface area contributed by atoms with Crippen LogP contribution in [-0.4, -0.2) is 43.4 Å². The van der Waals surface area contributed by atoms with Gasteiger partial charge in [-0.25, -0.2) is 0 Å². The molecule has 0 aromatic carbocycles. The van der Waals surface area contributed by atoms with Crippen molar-refractivity contribution >= 4 is 17.3 Å². The molecular formula is C11H24N2OS. The van der Waals surface area contributed by atoms with Crippen LogP contribution in [0.5, 0.6) is 0 Å². The molecule has 0 fully saturated rings. The monoisotopic (exact) mass is 232 g/mol. The summed E-state index contributed by atoms with van der Waals surface area (Å²) in [4.78, 5) is 2.09. The number of ether oxygens (including phenoxy) is 1. The Morgan fingerprint density at radius 2 is 2.07 bits per heavy atom. The van der Waals surface area contributed by atoms with Gasteiger partial charge in [-0.1, -0.05) is 20.3 Å². The van der Waals surface area contributed by atoms with E-state index in [0.717, 1.165) is 11.7 Å². The lowest BCUT2D eigenvalue weighted by atomic mass is 10.1. The van der Waals surface area contributed by atoms with Gasteiger partial charge in [0.1, 0.15) is 0 Å².